The summed E-state index contributed by atoms with van der Waals surface area (Å²) in [6.45, 7) is 3.72. The molecule has 1 aromatic carbocycles. The fourth-order valence-corrected chi connectivity index (χ4v) is 3.56. The second kappa shape index (κ2) is 11.5. The number of anilines is 1. The zero-order chi connectivity index (χ0) is 20.4. The largest absolute Gasteiger partial charge is 0.456 e. The Balaban J connectivity index is 1.72. The smallest absolute Gasteiger partial charge is 0.306 e. The van der Waals surface area contributed by atoms with E-state index in [0.29, 0.717) is 0 Å². The molecule has 1 aliphatic carbocycles. The van der Waals surface area contributed by atoms with Crippen molar-refractivity contribution in [2.24, 2.45) is 0 Å². The molecule has 1 fully saturated rings. The molecule has 0 bridgehead atoms. The summed E-state index contributed by atoms with van der Waals surface area (Å²) in [4.78, 5) is 36.0. The van der Waals surface area contributed by atoms with Crippen LogP contribution in [-0.4, -0.2) is 30.4 Å². The number of rotatable bonds is 9. The number of amides is 2. The summed E-state index contributed by atoms with van der Waals surface area (Å²) >= 11 is 0. The van der Waals surface area contributed by atoms with E-state index in [-0.39, 0.29) is 37.3 Å². The maximum absolute atomic E-state index is 12.2. The maximum Gasteiger partial charge on any atom is 0.306 e. The highest BCUT2D eigenvalue weighted by molar-refractivity contribution is 5.94. The Hall–Kier alpha value is -2.37. The summed E-state index contributed by atoms with van der Waals surface area (Å²) in [7, 11) is 0. The van der Waals surface area contributed by atoms with Crippen molar-refractivity contribution in [3.05, 3.63) is 29.3 Å². The Bertz CT molecular complexity index is 659. The first-order valence-corrected chi connectivity index (χ1v) is 10.4. The van der Waals surface area contributed by atoms with Crippen LogP contribution in [0.25, 0.3) is 0 Å². The fourth-order valence-electron chi connectivity index (χ4n) is 3.56. The lowest BCUT2D eigenvalue weighted by Crippen LogP contribution is -2.36. The van der Waals surface area contributed by atoms with Gasteiger partial charge in [0, 0.05) is 18.2 Å². The summed E-state index contributed by atoms with van der Waals surface area (Å²) in [6.07, 6.45) is 7.21. The fraction of sp³-hybridized carbons (Fsp3) is 0.591. The highest BCUT2D eigenvalue weighted by atomic mass is 16.5. The number of ether oxygens (including phenoxy) is 1. The summed E-state index contributed by atoms with van der Waals surface area (Å²) in [6, 6.07) is 6.16. The minimum absolute atomic E-state index is 0.0163. The third-order valence-electron chi connectivity index (χ3n) is 5.15. The Labute approximate surface area is 167 Å². The molecule has 2 rings (SSSR count). The molecule has 1 saturated carbocycles. The molecule has 6 nitrogen and oxygen atoms in total. The number of hydrogen-bond donors (Lipinski definition) is 2. The minimum atomic E-state index is -0.534. The minimum Gasteiger partial charge on any atom is -0.456 e. The average molecular weight is 389 g/mol. The number of carbonyl (C=O) groups excluding carboxylic acids is 3. The van der Waals surface area contributed by atoms with Gasteiger partial charge in [0.25, 0.3) is 5.91 Å². The van der Waals surface area contributed by atoms with E-state index in [4.69, 9.17) is 4.74 Å². The Morgan fingerprint density at radius 2 is 1.61 bits per heavy atom. The summed E-state index contributed by atoms with van der Waals surface area (Å²) in [5.74, 6) is -1.03. The van der Waals surface area contributed by atoms with Gasteiger partial charge in [-0.2, -0.15) is 0 Å². The third-order valence-corrected chi connectivity index (χ3v) is 5.15. The molecule has 0 unspecified atom stereocenters. The van der Waals surface area contributed by atoms with Crippen molar-refractivity contribution in [3.8, 4) is 0 Å². The molecule has 1 aliphatic rings. The van der Waals surface area contributed by atoms with E-state index in [0.717, 1.165) is 55.3 Å². The second-order valence-electron chi connectivity index (χ2n) is 7.27. The summed E-state index contributed by atoms with van der Waals surface area (Å²) in [5.41, 5.74) is 2.91. The van der Waals surface area contributed by atoms with Crippen molar-refractivity contribution in [1.82, 2.24) is 5.32 Å². The first-order chi connectivity index (χ1) is 13.5. The molecule has 0 saturated heterocycles. The number of carbonyl (C=O) groups is 3. The van der Waals surface area contributed by atoms with Crippen LogP contribution in [0, 0.1) is 0 Å². The topological polar surface area (TPSA) is 84.5 Å². The van der Waals surface area contributed by atoms with Gasteiger partial charge in [0.1, 0.15) is 0 Å². The monoisotopic (exact) mass is 388 g/mol. The van der Waals surface area contributed by atoms with E-state index in [1.165, 1.54) is 6.42 Å². The molecule has 1 aromatic rings. The zero-order valence-electron chi connectivity index (χ0n) is 17.0. The van der Waals surface area contributed by atoms with Crippen LogP contribution in [0.2, 0.25) is 0 Å². The molecule has 6 heteroatoms. The average Bonchev–Trinajstić information content (AvgIpc) is 2.71. The standard InChI is InChI=1S/C22H32N2O4/c1-3-16-9-8-10-17(4-2)22(16)24-20(26)15-28-21(27)14-13-19(25)23-18-11-6-5-7-12-18/h8-10,18H,3-7,11-15H2,1-2H3,(H,23,25)(H,24,26). The molecule has 0 aromatic heterocycles. The number of esters is 1. The predicted molar refractivity (Wildman–Crippen MR) is 109 cm³/mol. The van der Waals surface area contributed by atoms with Gasteiger partial charge in [0.05, 0.1) is 6.42 Å². The van der Waals surface area contributed by atoms with Crippen molar-refractivity contribution in [3.63, 3.8) is 0 Å². The molecule has 0 radical (unpaired) electrons. The lowest BCUT2D eigenvalue weighted by Gasteiger charge is -2.22. The van der Waals surface area contributed by atoms with Crippen molar-refractivity contribution in [2.75, 3.05) is 11.9 Å². The van der Waals surface area contributed by atoms with Crippen LogP contribution in [0.4, 0.5) is 5.69 Å². The van der Waals surface area contributed by atoms with Gasteiger partial charge in [-0.05, 0) is 36.8 Å². The lowest BCUT2D eigenvalue weighted by molar-refractivity contribution is -0.148. The van der Waals surface area contributed by atoms with E-state index >= 15 is 0 Å². The van der Waals surface area contributed by atoms with Crippen LogP contribution >= 0.6 is 0 Å². The molecule has 0 atom stereocenters. The van der Waals surface area contributed by atoms with Gasteiger partial charge in [0.15, 0.2) is 6.61 Å². The van der Waals surface area contributed by atoms with Gasteiger partial charge in [-0.25, -0.2) is 0 Å². The first kappa shape index (κ1) is 21.9. The van der Waals surface area contributed by atoms with Crippen molar-refractivity contribution < 1.29 is 19.1 Å². The normalized spacial score (nSPS) is 14.4. The van der Waals surface area contributed by atoms with Gasteiger partial charge < -0.3 is 15.4 Å². The Kier molecular flexibility index (Phi) is 8.98. The molecule has 0 heterocycles. The van der Waals surface area contributed by atoms with Crippen molar-refractivity contribution >= 4 is 23.5 Å². The number of benzene rings is 1. The predicted octanol–water partition coefficient (Wildman–Crippen LogP) is 3.52. The van der Waals surface area contributed by atoms with Crippen LogP contribution in [0.5, 0.6) is 0 Å². The van der Waals surface area contributed by atoms with Gasteiger partial charge >= 0.3 is 5.97 Å². The lowest BCUT2D eigenvalue weighted by atomic mass is 9.95. The van der Waals surface area contributed by atoms with Crippen LogP contribution < -0.4 is 10.6 Å². The first-order valence-electron chi connectivity index (χ1n) is 10.4. The molecule has 28 heavy (non-hydrogen) atoms. The number of aryl methyl sites for hydroxylation is 2. The van der Waals surface area contributed by atoms with Crippen molar-refractivity contribution in [1.29, 1.82) is 0 Å². The van der Waals surface area contributed by atoms with Gasteiger partial charge in [-0.1, -0.05) is 51.3 Å². The van der Waals surface area contributed by atoms with Crippen LogP contribution in [-0.2, 0) is 32.0 Å². The number of para-hydroxylation sites is 1. The SMILES string of the molecule is CCc1cccc(CC)c1NC(=O)COC(=O)CCC(=O)NC1CCCCC1. The number of nitrogens with one attached hydrogen (secondary N) is 2. The highest BCUT2D eigenvalue weighted by Gasteiger charge is 2.17. The van der Waals surface area contributed by atoms with E-state index in [1.807, 2.05) is 32.0 Å². The van der Waals surface area contributed by atoms with E-state index in [9.17, 15) is 14.4 Å². The zero-order valence-corrected chi connectivity index (χ0v) is 17.0. The summed E-state index contributed by atoms with van der Waals surface area (Å²) in [5, 5.41) is 5.83. The van der Waals surface area contributed by atoms with Gasteiger partial charge in [0.2, 0.25) is 5.91 Å². The Morgan fingerprint density at radius 3 is 2.21 bits per heavy atom. The molecule has 0 aliphatic heterocycles. The highest BCUT2D eigenvalue weighted by Crippen LogP contribution is 2.22. The van der Waals surface area contributed by atoms with Crippen LogP contribution in [0.1, 0.15) is 69.9 Å². The van der Waals surface area contributed by atoms with Crippen LogP contribution in [0.3, 0.4) is 0 Å². The molecule has 0 spiro atoms. The third kappa shape index (κ3) is 6.98. The van der Waals surface area contributed by atoms with Gasteiger partial charge in [-0.15, -0.1) is 0 Å². The molecule has 2 amide bonds. The molecular formula is C22H32N2O4. The Morgan fingerprint density at radius 1 is 0.964 bits per heavy atom. The quantitative estimate of drug-likeness (QED) is 0.634. The second-order valence-corrected chi connectivity index (χ2v) is 7.27. The maximum atomic E-state index is 12.2. The van der Waals surface area contributed by atoms with Gasteiger partial charge in [-0.3, -0.25) is 14.4 Å². The number of hydrogen-bond acceptors (Lipinski definition) is 4. The molecular weight excluding hydrogens is 356 g/mol. The van der Waals surface area contributed by atoms with Crippen LogP contribution in [0.15, 0.2) is 18.2 Å². The van der Waals surface area contributed by atoms with Crippen molar-refractivity contribution in [2.45, 2.75) is 77.7 Å². The van der Waals surface area contributed by atoms with E-state index in [2.05, 4.69) is 10.6 Å². The molecule has 154 valence electrons. The van der Waals surface area contributed by atoms with E-state index < -0.39 is 5.97 Å². The summed E-state index contributed by atoms with van der Waals surface area (Å²) < 4.78 is 5.03. The van der Waals surface area contributed by atoms with E-state index in [1.54, 1.807) is 0 Å². The molecule has 2 N–H and O–H groups in total.